The molecule has 3 nitrogen and oxygen atoms in total. The zero-order valence-corrected chi connectivity index (χ0v) is 12.7. The van der Waals surface area contributed by atoms with Crippen molar-refractivity contribution >= 4 is 17.7 Å². The highest BCUT2D eigenvalue weighted by atomic mass is 32.2. The fourth-order valence-corrected chi connectivity index (χ4v) is 2.74. The van der Waals surface area contributed by atoms with Crippen molar-refractivity contribution in [3.8, 4) is 0 Å². The molecule has 1 aromatic carbocycles. The number of rotatable bonds is 7. The second-order valence-electron chi connectivity index (χ2n) is 4.45. The molecule has 0 heterocycles. The monoisotopic (exact) mass is 303 g/mol. The second-order valence-corrected chi connectivity index (χ2v) is 5.46. The molecule has 0 aliphatic rings. The average Bonchev–Trinajstić information content (AvgIpc) is 2.40. The zero-order chi connectivity index (χ0) is 15.2. The van der Waals surface area contributed by atoms with E-state index in [1.165, 1.54) is 0 Å². The van der Waals surface area contributed by atoms with Gasteiger partial charge in [-0.15, -0.1) is 11.8 Å². The van der Waals surface area contributed by atoms with Crippen LogP contribution in [-0.2, 0) is 9.53 Å². The van der Waals surface area contributed by atoms with Crippen LogP contribution in [0.1, 0.15) is 20.8 Å². The van der Waals surface area contributed by atoms with E-state index in [-0.39, 0.29) is 17.3 Å². The number of benzene rings is 1. The van der Waals surface area contributed by atoms with E-state index in [1.54, 1.807) is 13.8 Å². The maximum atomic E-state index is 13.6. The highest BCUT2D eigenvalue weighted by Gasteiger charge is 2.34. The van der Waals surface area contributed by atoms with Gasteiger partial charge in [-0.3, -0.25) is 4.79 Å². The van der Waals surface area contributed by atoms with Crippen molar-refractivity contribution in [2.75, 3.05) is 18.9 Å². The third-order valence-corrected chi connectivity index (χ3v) is 4.05. The minimum Gasteiger partial charge on any atom is -0.465 e. The largest absolute Gasteiger partial charge is 0.465 e. The van der Waals surface area contributed by atoms with E-state index in [1.807, 2.05) is 6.92 Å². The lowest BCUT2D eigenvalue weighted by Crippen LogP contribution is -2.52. The third-order valence-electron chi connectivity index (χ3n) is 2.70. The van der Waals surface area contributed by atoms with Gasteiger partial charge in [-0.05, 0) is 38.6 Å². The predicted molar refractivity (Wildman–Crippen MR) is 75.8 cm³/mol. The normalized spacial score (nSPS) is 13.8. The summed E-state index contributed by atoms with van der Waals surface area (Å²) in [5.41, 5.74) is -0.936. The van der Waals surface area contributed by atoms with Gasteiger partial charge in [0, 0.05) is 10.6 Å². The van der Waals surface area contributed by atoms with E-state index in [0.29, 0.717) is 6.54 Å². The quantitative estimate of drug-likeness (QED) is 0.621. The molecule has 6 heteroatoms. The highest BCUT2D eigenvalue weighted by molar-refractivity contribution is 7.99. The number of halogens is 2. The molecular formula is C14H19F2NO2S. The minimum absolute atomic E-state index is 0.179. The molecule has 1 aromatic rings. The molecule has 0 amide bonds. The first kappa shape index (κ1) is 16.9. The number of ether oxygens (including phenoxy) is 1. The van der Waals surface area contributed by atoms with Gasteiger partial charge < -0.3 is 10.1 Å². The second kappa shape index (κ2) is 7.59. The van der Waals surface area contributed by atoms with Crippen molar-refractivity contribution in [3.05, 3.63) is 29.8 Å². The van der Waals surface area contributed by atoms with Crippen LogP contribution in [0.2, 0.25) is 0 Å². The molecule has 1 unspecified atom stereocenters. The molecule has 1 rings (SSSR count). The molecule has 0 fully saturated rings. The van der Waals surface area contributed by atoms with Crippen LogP contribution in [0.3, 0.4) is 0 Å². The van der Waals surface area contributed by atoms with Crippen molar-refractivity contribution in [2.24, 2.45) is 0 Å². The van der Waals surface area contributed by atoms with Crippen LogP contribution >= 0.6 is 11.8 Å². The number of thioether (sulfide) groups is 1. The molecule has 20 heavy (non-hydrogen) atoms. The first-order valence-electron chi connectivity index (χ1n) is 6.43. The summed E-state index contributed by atoms with van der Waals surface area (Å²) >= 11 is 1.08. The Bertz CT molecular complexity index is 470. The van der Waals surface area contributed by atoms with E-state index in [9.17, 15) is 13.6 Å². The fraction of sp³-hybridized carbons (Fsp3) is 0.500. The Morgan fingerprint density at radius 3 is 2.70 bits per heavy atom. The summed E-state index contributed by atoms with van der Waals surface area (Å²) in [5, 5.41) is 3.04. The summed E-state index contributed by atoms with van der Waals surface area (Å²) in [4.78, 5) is 12.1. The van der Waals surface area contributed by atoms with Gasteiger partial charge in [-0.1, -0.05) is 6.92 Å². The van der Waals surface area contributed by atoms with Gasteiger partial charge in [-0.2, -0.15) is 0 Å². The smallest absolute Gasteiger partial charge is 0.326 e. The van der Waals surface area contributed by atoms with Gasteiger partial charge in [0.25, 0.3) is 0 Å². The summed E-state index contributed by atoms with van der Waals surface area (Å²) in [6, 6.07) is 3.26. The molecule has 0 aromatic heterocycles. The lowest BCUT2D eigenvalue weighted by Gasteiger charge is -2.27. The van der Waals surface area contributed by atoms with Gasteiger partial charge >= 0.3 is 5.97 Å². The molecule has 0 aliphatic heterocycles. The Kier molecular flexibility index (Phi) is 6.42. The first-order valence-corrected chi connectivity index (χ1v) is 7.41. The van der Waals surface area contributed by atoms with E-state index in [0.717, 1.165) is 30.0 Å². The van der Waals surface area contributed by atoms with E-state index in [4.69, 9.17) is 4.74 Å². The molecule has 0 radical (unpaired) electrons. The van der Waals surface area contributed by atoms with Crippen molar-refractivity contribution in [2.45, 2.75) is 31.2 Å². The van der Waals surface area contributed by atoms with Gasteiger partial charge in [0.1, 0.15) is 17.2 Å². The molecule has 112 valence electrons. The number of carbonyl (C=O) groups excluding carboxylic acids is 1. The van der Waals surface area contributed by atoms with Crippen LogP contribution in [0.25, 0.3) is 0 Å². The van der Waals surface area contributed by atoms with E-state index >= 15 is 0 Å². The van der Waals surface area contributed by atoms with E-state index < -0.39 is 23.1 Å². The van der Waals surface area contributed by atoms with Crippen molar-refractivity contribution in [1.82, 2.24) is 5.32 Å². The number of likely N-dealkylation sites (N-methyl/N-ethyl adjacent to an activating group) is 1. The van der Waals surface area contributed by atoms with Crippen LogP contribution in [0.5, 0.6) is 0 Å². The van der Waals surface area contributed by atoms with Gasteiger partial charge in [0.2, 0.25) is 0 Å². The highest BCUT2D eigenvalue weighted by Crippen LogP contribution is 2.26. The van der Waals surface area contributed by atoms with Gasteiger partial charge in [-0.25, -0.2) is 8.78 Å². The molecule has 0 saturated carbocycles. The number of hydrogen-bond donors (Lipinski definition) is 1. The zero-order valence-electron chi connectivity index (χ0n) is 11.8. The topological polar surface area (TPSA) is 38.3 Å². The van der Waals surface area contributed by atoms with Gasteiger partial charge in [0.15, 0.2) is 0 Å². The number of nitrogens with one attached hydrogen (secondary N) is 1. The molecular weight excluding hydrogens is 284 g/mol. The Balaban J connectivity index is 2.81. The summed E-state index contributed by atoms with van der Waals surface area (Å²) in [7, 11) is 0. The van der Waals surface area contributed by atoms with Crippen molar-refractivity contribution in [3.63, 3.8) is 0 Å². The van der Waals surface area contributed by atoms with Crippen molar-refractivity contribution in [1.29, 1.82) is 0 Å². The predicted octanol–water partition coefficient (Wildman–Crippen LogP) is 2.99. The van der Waals surface area contributed by atoms with Gasteiger partial charge in [0.05, 0.1) is 6.61 Å². The number of hydrogen-bond acceptors (Lipinski definition) is 4. The van der Waals surface area contributed by atoms with Crippen LogP contribution in [0, 0.1) is 11.6 Å². The maximum absolute atomic E-state index is 13.6. The molecule has 1 atom stereocenters. The standard InChI is InChI=1S/C14H19F2NO2S/c1-4-17-14(3,13(18)19-5-2)9-20-12-8-10(15)6-7-11(12)16/h6-8,17H,4-5,9H2,1-3H3. The van der Waals surface area contributed by atoms with Crippen LogP contribution in [-0.4, -0.2) is 30.4 Å². The van der Waals surface area contributed by atoms with E-state index in [2.05, 4.69) is 5.32 Å². The molecule has 0 aliphatic carbocycles. The Morgan fingerprint density at radius 2 is 2.10 bits per heavy atom. The Morgan fingerprint density at radius 1 is 1.40 bits per heavy atom. The van der Waals surface area contributed by atoms with Crippen molar-refractivity contribution < 1.29 is 18.3 Å². The summed E-state index contributed by atoms with van der Waals surface area (Å²) < 4.78 is 31.7. The first-order chi connectivity index (χ1) is 9.42. The fourth-order valence-electron chi connectivity index (χ4n) is 1.67. The number of esters is 1. The van der Waals surface area contributed by atoms with Crippen LogP contribution < -0.4 is 5.32 Å². The molecule has 0 spiro atoms. The lowest BCUT2D eigenvalue weighted by molar-refractivity contribution is -0.149. The molecule has 1 N–H and O–H groups in total. The van der Waals surface area contributed by atoms with Crippen LogP contribution in [0.15, 0.2) is 23.1 Å². The number of carbonyl (C=O) groups is 1. The SMILES string of the molecule is CCNC(C)(CSc1cc(F)ccc1F)C(=O)OCC. The minimum atomic E-state index is -0.936. The Hall–Kier alpha value is -1.14. The average molecular weight is 303 g/mol. The summed E-state index contributed by atoms with van der Waals surface area (Å²) in [6.07, 6.45) is 0. The van der Waals surface area contributed by atoms with Crippen LogP contribution in [0.4, 0.5) is 8.78 Å². The molecule has 0 bridgehead atoms. The summed E-state index contributed by atoms with van der Waals surface area (Å²) in [5.74, 6) is -1.15. The molecule has 0 saturated heterocycles. The lowest BCUT2D eigenvalue weighted by atomic mass is 10.1. The third kappa shape index (κ3) is 4.45. The summed E-state index contributed by atoms with van der Waals surface area (Å²) in [6.45, 7) is 6.13. The maximum Gasteiger partial charge on any atom is 0.326 e. The Labute approximate surface area is 122 Å².